The zero-order chi connectivity index (χ0) is 14.0. The van der Waals surface area contributed by atoms with Crippen LogP contribution in [-0.4, -0.2) is 35.6 Å². The van der Waals surface area contributed by atoms with E-state index in [4.69, 9.17) is 0 Å². The van der Waals surface area contributed by atoms with Crippen molar-refractivity contribution in [2.75, 3.05) is 6.26 Å². The van der Waals surface area contributed by atoms with Crippen molar-refractivity contribution in [3.63, 3.8) is 0 Å². The van der Waals surface area contributed by atoms with Gasteiger partial charge in [0.25, 0.3) is 0 Å². The number of halogens is 5. The van der Waals surface area contributed by atoms with Crippen molar-refractivity contribution >= 4 is 17.7 Å². The second-order valence-corrected chi connectivity index (χ2v) is 5.39. The summed E-state index contributed by atoms with van der Waals surface area (Å²) in [5, 5.41) is 2.18. The number of carbonyl (C=O) groups excluding carboxylic acids is 1. The lowest BCUT2D eigenvalue weighted by Gasteiger charge is -2.29. The zero-order valence-electron chi connectivity index (χ0n) is 9.69. The van der Waals surface area contributed by atoms with Gasteiger partial charge in [0.1, 0.15) is 0 Å². The molecule has 0 aromatic carbocycles. The molecule has 0 saturated heterocycles. The summed E-state index contributed by atoms with van der Waals surface area (Å²) in [5.41, 5.74) is 0. The molecule has 1 amide bonds. The van der Waals surface area contributed by atoms with Crippen molar-refractivity contribution in [3.8, 4) is 0 Å². The van der Waals surface area contributed by atoms with Crippen LogP contribution in [0.5, 0.6) is 0 Å². The fourth-order valence-corrected chi connectivity index (χ4v) is 2.59. The third kappa shape index (κ3) is 3.49. The van der Waals surface area contributed by atoms with Crippen molar-refractivity contribution in [1.29, 1.82) is 0 Å². The Labute approximate surface area is 106 Å². The topological polar surface area (TPSA) is 29.1 Å². The zero-order valence-corrected chi connectivity index (χ0v) is 10.5. The lowest BCUT2D eigenvalue weighted by molar-refractivity contribution is -0.270. The summed E-state index contributed by atoms with van der Waals surface area (Å²) in [6, 6.07) is -0.589. The first kappa shape index (κ1) is 15.5. The average Bonchev–Trinajstić information content (AvgIpc) is 2.28. The largest absolute Gasteiger partial charge is 0.463 e. The molecule has 0 aromatic heterocycles. The minimum atomic E-state index is -5.84. The fraction of sp³-hybridized carbons (Fsp3) is 0.900. The molecule has 0 bridgehead atoms. The van der Waals surface area contributed by atoms with Crippen molar-refractivity contribution in [1.82, 2.24) is 5.32 Å². The molecule has 1 fully saturated rings. The highest BCUT2D eigenvalue weighted by atomic mass is 32.2. The van der Waals surface area contributed by atoms with Crippen molar-refractivity contribution in [2.24, 2.45) is 0 Å². The van der Waals surface area contributed by atoms with Crippen molar-refractivity contribution in [3.05, 3.63) is 0 Å². The lowest BCUT2D eigenvalue weighted by Crippen LogP contribution is -2.53. The molecule has 2 nitrogen and oxygen atoms in total. The monoisotopic (exact) mass is 291 g/mol. The fourth-order valence-electron chi connectivity index (χ4n) is 1.85. The van der Waals surface area contributed by atoms with E-state index in [1.54, 1.807) is 17.1 Å². The number of nitrogens with one attached hydrogen (secondary N) is 1. The first-order chi connectivity index (χ1) is 8.18. The Morgan fingerprint density at radius 2 is 1.61 bits per heavy atom. The third-order valence-electron chi connectivity index (χ3n) is 2.98. The van der Waals surface area contributed by atoms with Crippen LogP contribution in [0.4, 0.5) is 22.0 Å². The normalized spacial score (nSPS) is 25.9. The summed E-state index contributed by atoms with van der Waals surface area (Å²) in [4.78, 5) is 10.9. The molecule has 1 aliphatic carbocycles. The van der Waals surface area contributed by atoms with E-state index in [0.717, 1.165) is 0 Å². The molecule has 18 heavy (non-hydrogen) atoms. The van der Waals surface area contributed by atoms with Gasteiger partial charge >= 0.3 is 18.0 Å². The smallest absolute Gasteiger partial charge is 0.348 e. The Balaban J connectivity index is 2.51. The summed E-state index contributed by atoms with van der Waals surface area (Å²) in [7, 11) is 0. The standard InChI is InChI=1S/C10H14F5NOS/c1-18-7-4-2-6(3-5-7)16-8(17)9(11,12)10(13,14)15/h6-7H,2-5H2,1H3,(H,16,17). The molecule has 0 aliphatic heterocycles. The molecular weight excluding hydrogens is 277 g/mol. The van der Waals surface area contributed by atoms with Crippen LogP contribution in [0.15, 0.2) is 0 Å². The van der Waals surface area contributed by atoms with E-state index in [-0.39, 0.29) is 0 Å². The highest BCUT2D eigenvalue weighted by Crippen LogP contribution is 2.36. The van der Waals surface area contributed by atoms with E-state index < -0.39 is 24.0 Å². The van der Waals surface area contributed by atoms with Crippen LogP contribution in [0.2, 0.25) is 0 Å². The van der Waals surface area contributed by atoms with E-state index in [1.807, 2.05) is 6.26 Å². The Bertz CT molecular complexity index is 299. The summed E-state index contributed by atoms with van der Waals surface area (Å²) < 4.78 is 61.2. The second kappa shape index (κ2) is 5.63. The van der Waals surface area contributed by atoms with Gasteiger partial charge in [-0.05, 0) is 31.9 Å². The maximum Gasteiger partial charge on any atom is 0.463 e. The Morgan fingerprint density at radius 3 is 2.00 bits per heavy atom. The van der Waals surface area contributed by atoms with E-state index in [2.05, 4.69) is 0 Å². The third-order valence-corrected chi connectivity index (χ3v) is 4.12. The van der Waals surface area contributed by atoms with Crippen LogP contribution in [-0.2, 0) is 4.79 Å². The quantitative estimate of drug-likeness (QED) is 0.810. The van der Waals surface area contributed by atoms with E-state index in [0.29, 0.717) is 30.9 Å². The molecule has 1 saturated carbocycles. The minimum Gasteiger partial charge on any atom is -0.348 e. The van der Waals surface area contributed by atoms with Gasteiger partial charge in [-0.15, -0.1) is 0 Å². The Kier molecular flexibility index (Phi) is 4.85. The molecule has 0 radical (unpaired) electrons. The van der Waals surface area contributed by atoms with Gasteiger partial charge in [-0.2, -0.15) is 33.7 Å². The predicted molar refractivity (Wildman–Crippen MR) is 58.7 cm³/mol. The van der Waals surface area contributed by atoms with Gasteiger partial charge < -0.3 is 5.32 Å². The van der Waals surface area contributed by atoms with Crippen molar-refractivity contribution in [2.45, 2.75) is 49.1 Å². The second-order valence-electron chi connectivity index (χ2n) is 4.25. The summed E-state index contributed by atoms with van der Waals surface area (Å²) >= 11 is 1.64. The number of amides is 1. The Morgan fingerprint density at radius 1 is 1.11 bits per heavy atom. The van der Waals surface area contributed by atoms with Gasteiger partial charge in [0.05, 0.1) is 0 Å². The maximum atomic E-state index is 12.7. The average molecular weight is 291 g/mol. The number of alkyl halides is 5. The molecule has 1 N–H and O–H groups in total. The summed E-state index contributed by atoms with van der Waals surface area (Å²) in [6.45, 7) is 0. The number of thioether (sulfide) groups is 1. The summed E-state index contributed by atoms with van der Waals surface area (Å²) in [5.74, 6) is -7.56. The number of rotatable bonds is 3. The van der Waals surface area contributed by atoms with Gasteiger partial charge in [0, 0.05) is 11.3 Å². The number of hydrogen-bond donors (Lipinski definition) is 1. The number of hydrogen-bond acceptors (Lipinski definition) is 2. The maximum absolute atomic E-state index is 12.7. The van der Waals surface area contributed by atoms with Gasteiger partial charge in [0.2, 0.25) is 0 Å². The molecule has 0 heterocycles. The van der Waals surface area contributed by atoms with Crippen LogP contribution < -0.4 is 5.32 Å². The van der Waals surface area contributed by atoms with Crippen LogP contribution in [0.25, 0.3) is 0 Å². The van der Waals surface area contributed by atoms with Crippen LogP contribution in [0.1, 0.15) is 25.7 Å². The number of carbonyl (C=O) groups is 1. The SMILES string of the molecule is CSC1CCC(NC(=O)C(F)(F)C(F)(F)F)CC1. The van der Waals surface area contributed by atoms with Crippen LogP contribution >= 0.6 is 11.8 Å². The molecule has 0 unspecified atom stereocenters. The highest BCUT2D eigenvalue weighted by Gasteiger charge is 2.63. The molecule has 1 rings (SSSR count). The minimum absolute atomic E-state index is 0.390. The first-order valence-electron chi connectivity index (χ1n) is 5.46. The molecule has 0 atom stereocenters. The van der Waals surface area contributed by atoms with E-state index in [1.165, 1.54) is 0 Å². The predicted octanol–water partition coefficient (Wildman–Crippen LogP) is 2.97. The molecule has 106 valence electrons. The van der Waals surface area contributed by atoms with E-state index in [9.17, 15) is 26.7 Å². The van der Waals surface area contributed by atoms with Gasteiger partial charge in [-0.3, -0.25) is 4.79 Å². The molecule has 0 spiro atoms. The first-order valence-corrected chi connectivity index (χ1v) is 6.75. The van der Waals surface area contributed by atoms with Crippen LogP contribution in [0, 0.1) is 0 Å². The van der Waals surface area contributed by atoms with Gasteiger partial charge in [-0.1, -0.05) is 0 Å². The van der Waals surface area contributed by atoms with Gasteiger partial charge in [0.15, 0.2) is 0 Å². The summed E-state index contributed by atoms with van der Waals surface area (Å²) in [6.07, 6.45) is -1.63. The van der Waals surface area contributed by atoms with Crippen LogP contribution in [0.3, 0.4) is 0 Å². The lowest BCUT2D eigenvalue weighted by atomic mass is 9.95. The molecular formula is C10H14F5NOS. The Hall–Kier alpha value is -0.530. The molecule has 1 aliphatic rings. The van der Waals surface area contributed by atoms with Gasteiger partial charge in [-0.25, -0.2) is 0 Å². The van der Waals surface area contributed by atoms with Crippen molar-refractivity contribution < 1.29 is 26.7 Å². The molecule has 8 heteroatoms. The van der Waals surface area contributed by atoms with E-state index >= 15 is 0 Å². The highest BCUT2D eigenvalue weighted by molar-refractivity contribution is 7.99. The molecule has 0 aromatic rings.